The number of piperidine rings is 2. The number of hydrogen-bond donors (Lipinski definition) is 1. The van der Waals surface area contributed by atoms with Gasteiger partial charge in [-0.2, -0.15) is 5.06 Å². The Labute approximate surface area is 184 Å². The van der Waals surface area contributed by atoms with Gasteiger partial charge in [0.25, 0.3) is 0 Å². The van der Waals surface area contributed by atoms with Crippen molar-refractivity contribution in [2.75, 3.05) is 13.2 Å². The highest BCUT2D eigenvalue weighted by Crippen LogP contribution is 2.36. The molecule has 0 aromatic rings. The van der Waals surface area contributed by atoms with E-state index in [0.29, 0.717) is 11.8 Å². The maximum atomic E-state index is 12.6. The van der Waals surface area contributed by atoms with Crippen molar-refractivity contribution in [1.82, 2.24) is 10.1 Å². The normalized spacial score (nSPS) is 32.8. The summed E-state index contributed by atoms with van der Waals surface area (Å²) >= 11 is 0. The van der Waals surface area contributed by atoms with Crippen molar-refractivity contribution in [2.24, 2.45) is 11.8 Å². The minimum Gasteiger partial charge on any atom is -0.378 e. The molecular weight excluding hydrogens is 380 g/mol. The second kappa shape index (κ2) is 10.6. The molecule has 0 bridgehead atoms. The van der Waals surface area contributed by atoms with Crippen LogP contribution in [-0.2, 0) is 14.7 Å². The Morgan fingerprint density at radius 3 is 1.73 bits per heavy atom. The minimum absolute atomic E-state index is 0.0386. The predicted molar refractivity (Wildman–Crippen MR) is 119 cm³/mol. The monoisotopic (exact) mass is 427 g/mol. The molecule has 2 heterocycles. The van der Waals surface area contributed by atoms with Gasteiger partial charge in [0.15, 0.2) is 0 Å². The van der Waals surface area contributed by atoms with Gasteiger partial charge in [0.2, 0.25) is 0 Å². The van der Waals surface area contributed by atoms with Crippen molar-refractivity contribution in [3.8, 4) is 0 Å². The fourth-order valence-electron chi connectivity index (χ4n) is 5.15. The van der Waals surface area contributed by atoms with E-state index in [-0.39, 0.29) is 35.4 Å². The summed E-state index contributed by atoms with van der Waals surface area (Å²) in [7, 11) is 0. The third-order valence-electron chi connectivity index (χ3n) is 7.08. The van der Waals surface area contributed by atoms with Gasteiger partial charge in [0.1, 0.15) is 0 Å². The molecule has 0 aromatic heterocycles. The van der Waals surface area contributed by atoms with Gasteiger partial charge in [-0.25, -0.2) is 0 Å². The highest BCUT2D eigenvalue weighted by atomic mass is 16.5. The largest absolute Gasteiger partial charge is 0.378 e. The maximum absolute atomic E-state index is 12.6. The molecule has 2 aliphatic rings. The summed E-state index contributed by atoms with van der Waals surface area (Å²) in [5.41, 5.74) is -0.612. The molecule has 4 atom stereocenters. The van der Waals surface area contributed by atoms with Crippen LogP contribution < -0.4 is 0 Å². The van der Waals surface area contributed by atoms with Crippen LogP contribution in [0.15, 0.2) is 0 Å². The van der Waals surface area contributed by atoms with E-state index in [4.69, 9.17) is 9.47 Å². The van der Waals surface area contributed by atoms with Crippen LogP contribution in [-0.4, -0.2) is 63.9 Å². The number of nitrogens with zero attached hydrogens (tertiary/aromatic N) is 2. The lowest BCUT2D eigenvalue weighted by atomic mass is 9.82. The number of rotatable bonds is 9. The van der Waals surface area contributed by atoms with Gasteiger partial charge in [-0.1, -0.05) is 27.7 Å². The summed E-state index contributed by atoms with van der Waals surface area (Å²) in [6.45, 7) is 18.3. The number of hydroxylamine groups is 4. The highest BCUT2D eigenvalue weighted by Gasteiger charge is 2.43. The van der Waals surface area contributed by atoms with Gasteiger partial charge in [0.05, 0.1) is 12.2 Å². The van der Waals surface area contributed by atoms with E-state index in [1.807, 2.05) is 13.8 Å². The lowest BCUT2D eigenvalue weighted by Crippen LogP contribution is -2.57. The van der Waals surface area contributed by atoms with Gasteiger partial charge >= 0.3 is 0 Å². The standard InChI is InChI=1S/C24H47N2O4/c1-17(2)21-13-19(15-23(5,6)25(21)27)29-11-9-10-12-30-20-14-22(18(3)4)26(28)24(7,8)16-20/h17-22,27H,9-16H2,1-8H3. The van der Waals surface area contributed by atoms with Crippen LogP contribution in [0.3, 0.4) is 0 Å². The maximum Gasteiger partial charge on any atom is 0.0609 e. The lowest BCUT2D eigenvalue weighted by Gasteiger charge is -2.48. The third-order valence-corrected chi connectivity index (χ3v) is 7.08. The van der Waals surface area contributed by atoms with E-state index < -0.39 is 0 Å². The predicted octanol–water partition coefficient (Wildman–Crippen LogP) is 5.07. The molecule has 0 saturated carbocycles. The van der Waals surface area contributed by atoms with E-state index in [0.717, 1.165) is 51.7 Å². The van der Waals surface area contributed by atoms with Crippen LogP contribution in [0.2, 0.25) is 0 Å². The lowest BCUT2D eigenvalue weighted by molar-refractivity contribution is -0.281. The van der Waals surface area contributed by atoms with Crippen molar-refractivity contribution in [1.29, 1.82) is 0 Å². The van der Waals surface area contributed by atoms with Gasteiger partial charge in [-0.3, -0.25) is 0 Å². The van der Waals surface area contributed by atoms with Crippen molar-refractivity contribution < 1.29 is 19.9 Å². The summed E-state index contributed by atoms with van der Waals surface area (Å²) in [5, 5.41) is 25.9. The van der Waals surface area contributed by atoms with Crippen LogP contribution in [0.5, 0.6) is 0 Å². The van der Waals surface area contributed by atoms with Crippen molar-refractivity contribution >= 4 is 0 Å². The van der Waals surface area contributed by atoms with E-state index in [1.165, 1.54) is 5.06 Å². The van der Waals surface area contributed by atoms with E-state index in [1.54, 1.807) is 5.06 Å². The average Bonchev–Trinajstić information content (AvgIpc) is 2.62. The quantitative estimate of drug-likeness (QED) is 0.521. The third kappa shape index (κ3) is 6.63. The Morgan fingerprint density at radius 2 is 1.27 bits per heavy atom. The molecule has 0 spiro atoms. The Bertz CT molecular complexity index is 477. The van der Waals surface area contributed by atoms with Crippen molar-refractivity contribution in [3.63, 3.8) is 0 Å². The molecule has 2 rings (SSSR count). The van der Waals surface area contributed by atoms with Crippen LogP contribution in [0.1, 0.15) is 93.9 Å². The Balaban J connectivity index is 1.69. The van der Waals surface area contributed by atoms with Gasteiger partial charge in [0, 0.05) is 36.4 Å². The molecule has 0 aliphatic carbocycles. The van der Waals surface area contributed by atoms with Crippen molar-refractivity contribution in [2.45, 2.75) is 129 Å². The Hall–Kier alpha value is -0.240. The Kier molecular flexibility index (Phi) is 9.18. The molecular formula is C24H47N2O4. The number of unbranched alkanes of at least 4 members (excludes halogenated alkanes) is 1. The molecule has 6 nitrogen and oxygen atoms in total. The molecule has 6 heteroatoms. The summed E-state index contributed by atoms with van der Waals surface area (Å²) in [4.78, 5) is 0. The van der Waals surface area contributed by atoms with Gasteiger partial charge < -0.3 is 14.7 Å². The summed E-state index contributed by atoms with van der Waals surface area (Å²) in [5.74, 6) is 0.736. The Morgan fingerprint density at radius 1 is 0.833 bits per heavy atom. The van der Waals surface area contributed by atoms with Crippen LogP contribution in [0.25, 0.3) is 0 Å². The molecule has 2 fully saturated rings. The fraction of sp³-hybridized carbons (Fsp3) is 1.00. The summed E-state index contributed by atoms with van der Waals surface area (Å²) in [6.07, 6.45) is 5.67. The molecule has 0 amide bonds. The van der Waals surface area contributed by atoms with E-state index >= 15 is 0 Å². The SMILES string of the molecule is CC(C)C1CC(OCCCCOC2CC(C(C)C)N(O)C(C)(C)C2)CC(C)(C)N1[O]. The molecule has 1 N–H and O–H groups in total. The summed E-state index contributed by atoms with van der Waals surface area (Å²) in [6, 6.07) is 0.183. The first-order chi connectivity index (χ1) is 13.8. The molecule has 4 unspecified atom stereocenters. The first kappa shape index (κ1) is 26.0. The minimum atomic E-state index is -0.359. The number of hydrogen-bond acceptors (Lipinski definition) is 5. The topological polar surface area (TPSA) is 65.1 Å². The van der Waals surface area contributed by atoms with E-state index in [9.17, 15) is 10.4 Å². The van der Waals surface area contributed by atoms with Crippen LogP contribution >= 0.6 is 0 Å². The average molecular weight is 428 g/mol. The molecule has 177 valence electrons. The number of ether oxygens (including phenoxy) is 2. The summed E-state index contributed by atoms with van der Waals surface area (Å²) < 4.78 is 12.4. The zero-order valence-corrected chi connectivity index (χ0v) is 20.7. The molecule has 30 heavy (non-hydrogen) atoms. The van der Waals surface area contributed by atoms with Gasteiger partial charge in [-0.15, -0.1) is 10.3 Å². The molecule has 0 aromatic carbocycles. The molecule has 2 aliphatic heterocycles. The van der Waals surface area contributed by atoms with Gasteiger partial charge in [-0.05, 0) is 78.1 Å². The first-order valence-corrected chi connectivity index (χ1v) is 12.0. The zero-order chi connectivity index (χ0) is 22.7. The van der Waals surface area contributed by atoms with Crippen LogP contribution in [0, 0.1) is 11.8 Å². The second-order valence-electron chi connectivity index (χ2n) is 11.5. The zero-order valence-electron chi connectivity index (χ0n) is 20.7. The fourth-order valence-corrected chi connectivity index (χ4v) is 5.15. The van der Waals surface area contributed by atoms with Crippen LogP contribution in [0.4, 0.5) is 0 Å². The smallest absolute Gasteiger partial charge is 0.0609 e. The molecule has 2 saturated heterocycles. The highest BCUT2D eigenvalue weighted by molar-refractivity contribution is 4.93. The second-order valence-corrected chi connectivity index (χ2v) is 11.5. The van der Waals surface area contributed by atoms with Crippen molar-refractivity contribution in [3.05, 3.63) is 0 Å². The first-order valence-electron chi connectivity index (χ1n) is 12.0. The molecule has 1 radical (unpaired) electrons. The van der Waals surface area contributed by atoms with E-state index in [2.05, 4.69) is 41.5 Å².